The van der Waals surface area contributed by atoms with E-state index >= 15 is 0 Å². The van der Waals surface area contributed by atoms with Gasteiger partial charge in [-0.25, -0.2) is 9.97 Å². The van der Waals surface area contributed by atoms with E-state index in [1.54, 1.807) is 32.9 Å². The third-order valence-electron chi connectivity index (χ3n) is 9.06. The second-order valence-corrected chi connectivity index (χ2v) is 13.0. The number of anilines is 6. The summed E-state index contributed by atoms with van der Waals surface area (Å²) in [4.78, 5) is 56.1. The predicted molar refractivity (Wildman–Crippen MR) is 192 cm³/mol. The first-order valence-corrected chi connectivity index (χ1v) is 17.3. The average Bonchev–Trinajstić information content (AvgIpc) is 3.93. The number of likely N-dealkylation sites (tertiary alicyclic amines) is 1. The van der Waals surface area contributed by atoms with E-state index in [4.69, 9.17) is 0 Å². The van der Waals surface area contributed by atoms with Crippen molar-refractivity contribution in [2.75, 3.05) is 47.4 Å². The molecule has 8 heterocycles. The van der Waals surface area contributed by atoms with Crippen LogP contribution in [0.15, 0.2) is 37.4 Å². The second-order valence-electron chi connectivity index (χ2n) is 13.0. The zero-order valence-electron chi connectivity index (χ0n) is 29.1. The number of amides is 3. The van der Waals surface area contributed by atoms with Crippen LogP contribution in [0.1, 0.15) is 57.8 Å². The maximum atomic E-state index is 12.2. The van der Waals surface area contributed by atoms with Gasteiger partial charge in [-0.1, -0.05) is 6.58 Å². The summed E-state index contributed by atoms with van der Waals surface area (Å²) >= 11 is 0. The predicted octanol–water partition coefficient (Wildman–Crippen LogP) is 1.15. The summed E-state index contributed by atoms with van der Waals surface area (Å²) in [6, 6.07) is 0.333. The lowest BCUT2D eigenvalue weighted by Gasteiger charge is -2.32. The molecule has 0 saturated carbocycles. The Hall–Kier alpha value is -6.11. The number of aromatic nitrogens is 8. The van der Waals surface area contributed by atoms with E-state index in [-0.39, 0.29) is 23.8 Å². The van der Waals surface area contributed by atoms with Crippen molar-refractivity contribution in [1.82, 2.24) is 60.3 Å². The van der Waals surface area contributed by atoms with Crippen molar-refractivity contribution in [2.45, 2.75) is 50.9 Å². The van der Waals surface area contributed by atoms with E-state index in [1.807, 2.05) is 20.3 Å². The van der Waals surface area contributed by atoms with Crippen molar-refractivity contribution in [3.05, 3.63) is 60.0 Å². The van der Waals surface area contributed by atoms with Gasteiger partial charge in [0.2, 0.25) is 17.8 Å². The number of carbonyl (C=O) groups excluding carboxylic acids is 3. The van der Waals surface area contributed by atoms with E-state index in [9.17, 15) is 14.4 Å². The van der Waals surface area contributed by atoms with Crippen LogP contribution in [-0.4, -0.2) is 100 Å². The van der Waals surface area contributed by atoms with E-state index < -0.39 is 0 Å². The molecule has 0 spiro atoms. The SMILES string of the molecule is C=CC(=O)N1CCCC(Nc2nc3c(c(Nc4cnn(C)c4)n2)C(=O)NC3)C1.Cn1cc(Nc2nc(NC3CCCNC3)nc3c2C(=O)NC3)cn1. The van der Waals surface area contributed by atoms with Crippen molar-refractivity contribution >= 4 is 52.6 Å². The number of carbonyl (C=O) groups is 3. The molecular weight excluding hydrogens is 668 g/mol. The molecule has 2 fully saturated rings. The minimum absolute atomic E-state index is 0.0343. The van der Waals surface area contributed by atoms with Crippen LogP contribution in [0.2, 0.25) is 0 Å². The van der Waals surface area contributed by atoms with Gasteiger partial charge in [0, 0.05) is 58.2 Å². The molecule has 8 rings (SSSR count). The fraction of sp³-hybridized carbons (Fsp3) is 0.424. The molecule has 4 aliphatic rings. The molecule has 2 atom stereocenters. The Morgan fingerprint density at radius 3 is 1.88 bits per heavy atom. The van der Waals surface area contributed by atoms with Gasteiger partial charge in [0.05, 0.1) is 48.2 Å². The average molecular weight is 711 g/mol. The smallest absolute Gasteiger partial charge is 0.257 e. The van der Waals surface area contributed by atoms with Crippen molar-refractivity contribution in [3.63, 3.8) is 0 Å². The summed E-state index contributed by atoms with van der Waals surface area (Å²) in [5, 5.41) is 30.2. The van der Waals surface area contributed by atoms with E-state index in [1.165, 1.54) is 6.08 Å². The molecular formula is C33H42N16O3. The number of hydrogen-bond donors (Lipinski definition) is 7. The number of nitrogens with zero attached hydrogens (tertiary/aromatic N) is 9. The first-order chi connectivity index (χ1) is 25.2. The van der Waals surface area contributed by atoms with Crippen LogP contribution in [0.25, 0.3) is 0 Å². The summed E-state index contributed by atoms with van der Waals surface area (Å²) in [5.41, 5.74) is 3.82. The molecule has 0 aliphatic carbocycles. The van der Waals surface area contributed by atoms with Crippen LogP contribution < -0.4 is 37.2 Å². The maximum absolute atomic E-state index is 12.2. The minimum Gasteiger partial charge on any atom is -0.350 e. The number of nitrogens with one attached hydrogen (secondary N) is 7. The molecule has 4 aromatic heterocycles. The molecule has 4 aromatic rings. The Labute approximate surface area is 299 Å². The summed E-state index contributed by atoms with van der Waals surface area (Å²) < 4.78 is 3.35. The van der Waals surface area contributed by atoms with Gasteiger partial charge in [0.15, 0.2) is 0 Å². The summed E-state index contributed by atoms with van der Waals surface area (Å²) in [6.07, 6.45) is 12.3. The molecule has 2 saturated heterocycles. The van der Waals surface area contributed by atoms with Crippen molar-refractivity contribution in [2.24, 2.45) is 14.1 Å². The molecule has 19 nitrogen and oxygen atoms in total. The highest BCUT2D eigenvalue weighted by Gasteiger charge is 2.30. The lowest BCUT2D eigenvalue weighted by atomic mass is 10.1. The van der Waals surface area contributed by atoms with Gasteiger partial charge in [-0.05, 0) is 38.3 Å². The lowest BCUT2D eigenvalue weighted by Crippen LogP contribution is -2.44. The van der Waals surface area contributed by atoms with E-state index in [0.29, 0.717) is 71.7 Å². The number of hydrogen-bond acceptors (Lipinski definition) is 14. The van der Waals surface area contributed by atoms with Crippen molar-refractivity contribution in [3.8, 4) is 0 Å². The topological polar surface area (TPSA) is 226 Å². The molecule has 0 bridgehead atoms. The first kappa shape index (κ1) is 34.3. The maximum Gasteiger partial charge on any atom is 0.257 e. The van der Waals surface area contributed by atoms with Crippen molar-refractivity contribution < 1.29 is 14.4 Å². The fourth-order valence-corrected chi connectivity index (χ4v) is 6.57. The molecule has 4 aliphatic heterocycles. The molecule has 7 N–H and O–H groups in total. The van der Waals surface area contributed by atoms with E-state index in [2.05, 4.69) is 73.9 Å². The number of fused-ring (bicyclic) bond motifs is 2. The third kappa shape index (κ3) is 7.78. The first-order valence-electron chi connectivity index (χ1n) is 17.3. The second kappa shape index (κ2) is 15.0. The van der Waals surface area contributed by atoms with Gasteiger partial charge >= 0.3 is 0 Å². The Bertz CT molecular complexity index is 1980. The van der Waals surface area contributed by atoms with Crippen LogP contribution in [0.4, 0.5) is 34.9 Å². The van der Waals surface area contributed by atoms with Crippen molar-refractivity contribution in [1.29, 1.82) is 0 Å². The number of aryl methyl sites for hydroxylation is 2. The zero-order chi connectivity index (χ0) is 36.2. The summed E-state index contributed by atoms with van der Waals surface area (Å²) in [6.45, 7) is 7.57. The van der Waals surface area contributed by atoms with Gasteiger partial charge in [0.1, 0.15) is 22.8 Å². The van der Waals surface area contributed by atoms with Gasteiger partial charge in [-0.3, -0.25) is 23.7 Å². The Morgan fingerprint density at radius 1 is 0.827 bits per heavy atom. The molecule has 272 valence electrons. The Morgan fingerprint density at radius 2 is 1.38 bits per heavy atom. The number of piperidine rings is 2. The summed E-state index contributed by atoms with van der Waals surface area (Å²) in [5.74, 6) is 1.50. The number of rotatable bonds is 9. The van der Waals surface area contributed by atoms with Gasteiger partial charge in [0.25, 0.3) is 11.8 Å². The fourth-order valence-electron chi connectivity index (χ4n) is 6.57. The molecule has 0 radical (unpaired) electrons. The van der Waals surface area contributed by atoms with E-state index in [0.717, 1.165) is 56.7 Å². The summed E-state index contributed by atoms with van der Waals surface area (Å²) in [7, 11) is 3.65. The van der Waals surface area contributed by atoms with Crippen LogP contribution >= 0.6 is 0 Å². The van der Waals surface area contributed by atoms with Gasteiger partial charge in [-0.15, -0.1) is 0 Å². The highest BCUT2D eigenvalue weighted by atomic mass is 16.2. The normalized spacial score (nSPS) is 19.0. The Balaban J connectivity index is 0.000000164. The van der Waals surface area contributed by atoms with Crippen LogP contribution in [0, 0.1) is 0 Å². The zero-order valence-corrected chi connectivity index (χ0v) is 29.1. The Kier molecular flexibility index (Phi) is 9.92. The van der Waals surface area contributed by atoms with Gasteiger partial charge < -0.3 is 42.1 Å². The van der Waals surface area contributed by atoms with Crippen LogP contribution in [0.3, 0.4) is 0 Å². The molecule has 2 unspecified atom stereocenters. The third-order valence-corrected chi connectivity index (χ3v) is 9.06. The standard InChI is InChI=1S/C18H22N8O2.C15H20N8O/c1-3-14(27)26-6-4-5-11(10-26)22-18-23-13-8-19-17(28)15(13)16(24-18)21-12-7-20-25(2)9-12;1-23-8-10(6-18-23)19-13-12-11(7-17-14(12)24)21-15(22-13)20-9-3-2-4-16-5-9/h3,7,9,11H,1,4-6,8,10H2,2H3,(H,19,28)(H2,21,22,23,24);6,8-9,16H,2-5,7H2,1H3,(H,17,24)(H2,19,20,21,22). The monoisotopic (exact) mass is 710 g/mol. The molecule has 19 heteroatoms. The van der Waals surface area contributed by atoms with Gasteiger partial charge in [-0.2, -0.15) is 20.2 Å². The molecule has 0 aromatic carbocycles. The molecule has 3 amide bonds. The molecule has 52 heavy (non-hydrogen) atoms. The lowest BCUT2D eigenvalue weighted by molar-refractivity contribution is -0.127. The van der Waals surface area contributed by atoms with Crippen LogP contribution in [-0.2, 0) is 32.0 Å². The largest absolute Gasteiger partial charge is 0.350 e. The highest BCUT2D eigenvalue weighted by molar-refractivity contribution is 6.03. The quantitative estimate of drug-likeness (QED) is 0.121. The van der Waals surface area contributed by atoms with Crippen LogP contribution in [0.5, 0.6) is 0 Å². The highest BCUT2D eigenvalue weighted by Crippen LogP contribution is 2.28. The minimum atomic E-state index is -0.201.